The van der Waals surface area contributed by atoms with Crippen LogP contribution in [0.3, 0.4) is 0 Å². The van der Waals surface area contributed by atoms with Gasteiger partial charge in [-0.1, -0.05) is 12.1 Å². The second-order valence-electron chi connectivity index (χ2n) is 6.64. The number of nitrogens with one attached hydrogen (secondary N) is 1. The predicted octanol–water partition coefficient (Wildman–Crippen LogP) is 3.62. The van der Waals surface area contributed by atoms with Crippen LogP contribution in [0.2, 0.25) is 0 Å². The van der Waals surface area contributed by atoms with Gasteiger partial charge < -0.3 is 5.32 Å². The highest BCUT2D eigenvalue weighted by Crippen LogP contribution is 2.21. The number of aryl methyl sites for hydroxylation is 1. The molecule has 7 nitrogen and oxygen atoms in total. The van der Waals surface area contributed by atoms with Crippen molar-refractivity contribution in [3.63, 3.8) is 0 Å². The molecule has 8 heteroatoms. The maximum atomic E-state index is 13.3. The first-order valence-corrected chi connectivity index (χ1v) is 9.20. The maximum Gasteiger partial charge on any atom is 0.228 e. The molecule has 1 N–H and O–H groups in total. The van der Waals surface area contributed by atoms with Gasteiger partial charge in [0.1, 0.15) is 0 Å². The highest BCUT2D eigenvalue weighted by molar-refractivity contribution is 5.92. The molecule has 0 radical (unpaired) electrons. The van der Waals surface area contributed by atoms with Crippen molar-refractivity contribution in [2.24, 2.45) is 0 Å². The molecule has 0 bridgehead atoms. The van der Waals surface area contributed by atoms with E-state index in [-0.39, 0.29) is 12.3 Å². The molecule has 4 aromatic rings. The van der Waals surface area contributed by atoms with Crippen LogP contribution in [-0.2, 0) is 11.2 Å². The number of carbonyl (C=O) groups excluding carboxylic acids is 1. The molecule has 0 atom stereocenters. The number of halogens is 1. The zero-order chi connectivity index (χ0) is 20.9. The molecular weight excluding hydrogens is 383 g/mol. The van der Waals surface area contributed by atoms with Crippen LogP contribution in [0, 0.1) is 12.9 Å². The van der Waals surface area contributed by atoms with Crippen LogP contribution in [0.15, 0.2) is 67.3 Å². The summed E-state index contributed by atoms with van der Waals surface area (Å²) in [7, 11) is 0. The zero-order valence-corrected chi connectivity index (χ0v) is 16.1. The summed E-state index contributed by atoms with van der Waals surface area (Å²) in [6.07, 6.45) is 6.64. The summed E-state index contributed by atoms with van der Waals surface area (Å²) >= 11 is 0. The number of pyridine rings is 3. The molecule has 4 heterocycles. The number of hydrogen-bond acceptors (Lipinski definition) is 6. The fourth-order valence-electron chi connectivity index (χ4n) is 3.02. The minimum atomic E-state index is -0.568. The fourth-order valence-corrected chi connectivity index (χ4v) is 3.02. The van der Waals surface area contributed by atoms with Gasteiger partial charge >= 0.3 is 0 Å². The van der Waals surface area contributed by atoms with Crippen molar-refractivity contribution in [2.45, 2.75) is 13.3 Å². The molecule has 0 unspecified atom stereocenters. The molecule has 0 aliphatic rings. The summed E-state index contributed by atoms with van der Waals surface area (Å²) in [5.41, 5.74) is 4.92. The quantitative estimate of drug-likeness (QED) is 0.514. The van der Waals surface area contributed by atoms with E-state index in [0.29, 0.717) is 17.1 Å². The van der Waals surface area contributed by atoms with Crippen molar-refractivity contribution in [1.29, 1.82) is 0 Å². The van der Waals surface area contributed by atoms with Crippen LogP contribution in [-0.4, -0.2) is 31.1 Å². The number of rotatable bonds is 5. The molecule has 0 saturated carbocycles. The largest absolute Gasteiger partial charge is 0.324 e. The molecule has 0 saturated heterocycles. The van der Waals surface area contributed by atoms with Crippen molar-refractivity contribution in [1.82, 2.24) is 25.1 Å². The van der Waals surface area contributed by atoms with Crippen molar-refractivity contribution < 1.29 is 9.18 Å². The molecule has 4 aromatic heterocycles. The number of nitrogens with zero attached hydrogens (tertiary/aromatic N) is 5. The van der Waals surface area contributed by atoms with E-state index >= 15 is 0 Å². The van der Waals surface area contributed by atoms with Gasteiger partial charge in [-0.3, -0.25) is 14.8 Å². The highest BCUT2D eigenvalue weighted by atomic mass is 19.1. The van der Waals surface area contributed by atoms with Crippen LogP contribution in [0.25, 0.3) is 22.6 Å². The Kier molecular flexibility index (Phi) is 5.47. The minimum absolute atomic E-state index is 0.177. The van der Waals surface area contributed by atoms with Crippen molar-refractivity contribution in [3.8, 4) is 22.6 Å². The van der Waals surface area contributed by atoms with Crippen LogP contribution >= 0.6 is 0 Å². The Balaban J connectivity index is 1.42. The number of aromatic nitrogens is 5. The monoisotopic (exact) mass is 400 g/mol. The van der Waals surface area contributed by atoms with Gasteiger partial charge in [-0.25, -0.2) is 4.98 Å². The van der Waals surface area contributed by atoms with E-state index in [9.17, 15) is 9.18 Å². The van der Waals surface area contributed by atoms with E-state index < -0.39 is 5.95 Å². The lowest BCUT2D eigenvalue weighted by molar-refractivity contribution is -0.115. The standard InChI is InChI=1S/C22H17FN6O/c1-14-9-15(11-25-22(14)16-7-8-26-27-12-16)10-21(30)28-17-5-6-18(24-13-17)19-3-2-4-20(23)29-19/h2-9,11-13H,10H2,1H3,(H,28,30). The molecule has 0 aromatic carbocycles. The first kappa shape index (κ1) is 19.3. The van der Waals surface area contributed by atoms with Gasteiger partial charge in [0.2, 0.25) is 11.9 Å². The minimum Gasteiger partial charge on any atom is -0.324 e. The molecule has 1 amide bonds. The average Bonchev–Trinajstić information content (AvgIpc) is 2.75. The van der Waals surface area contributed by atoms with E-state index in [1.54, 1.807) is 42.9 Å². The first-order valence-electron chi connectivity index (χ1n) is 9.20. The topological polar surface area (TPSA) is 93.6 Å². The van der Waals surface area contributed by atoms with E-state index in [1.165, 1.54) is 12.3 Å². The number of anilines is 1. The van der Waals surface area contributed by atoms with Gasteiger partial charge in [-0.05, 0) is 48.4 Å². The summed E-state index contributed by atoms with van der Waals surface area (Å²) in [5.74, 6) is -0.755. The molecule has 0 aliphatic heterocycles. The predicted molar refractivity (Wildman–Crippen MR) is 110 cm³/mol. The van der Waals surface area contributed by atoms with Crippen LogP contribution in [0.1, 0.15) is 11.1 Å². The summed E-state index contributed by atoms with van der Waals surface area (Å²) in [4.78, 5) is 24.9. The van der Waals surface area contributed by atoms with E-state index in [4.69, 9.17) is 0 Å². The highest BCUT2D eigenvalue weighted by Gasteiger charge is 2.10. The van der Waals surface area contributed by atoms with Gasteiger partial charge in [0, 0.05) is 11.8 Å². The lowest BCUT2D eigenvalue weighted by Gasteiger charge is -2.09. The SMILES string of the molecule is Cc1cc(CC(=O)Nc2ccc(-c3cccc(F)n3)nc2)cnc1-c1ccnnc1. The van der Waals surface area contributed by atoms with Gasteiger partial charge in [0.15, 0.2) is 0 Å². The molecule has 0 spiro atoms. The van der Waals surface area contributed by atoms with Crippen molar-refractivity contribution in [3.05, 3.63) is 84.3 Å². The van der Waals surface area contributed by atoms with Gasteiger partial charge in [0.05, 0.1) is 47.8 Å². The fraction of sp³-hybridized carbons (Fsp3) is 0.0909. The first-order chi connectivity index (χ1) is 14.6. The van der Waals surface area contributed by atoms with Crippen LogP contribution < -0.4 is 5.32 Å². The van der Waals surface area contributed by atoms with Crippen molar-refractivity contribution in [2.75, 3.05) is 5.32 Å². The summed E-state index contributed by atoms with van der Waals surface area (Å²) in [6, 6.07) is 11.7. The molecular formula is C22H17FN6O. The van der Waals surface area contributed by atoms with Gasteiger partial charge in [0.25, 0.3) is 0 Å². The van der Waals surface area contributed by atoms with Crippen LogP contribution in [0.5, 0.6) is 0 Å². The van der Waals surface area contributed by atoms with E-state index in [1.807, 2.05) is 19.1 Å². The third kappa shape index (κ3) is 4.49. The maximum absolute atomic E-state index is 13.3. The van der Waals surface area contributed by atoms with Gasteiger partial charge in [-0.2, -0.15) is 14.6 Å². The molecule has 148 valence electrons. The smallest absolute Gasteiger partial charge is 0.228 e. The molecule has 30 heavy (non-hydrogen) atoms. The Labute approximate surface area is 172 Å². The normalized spacial score (nSPS) is 10.6. The zero-order valence-electron chi connectivity index (χ0n) is 16.1. The molecule has 4 rings (SSSR count). The lowest BCUT2D eigenvalue weighted by Crippen LogP contribution is -2.15. The Bertz CT molecular complexity index is 1180. The Morgan fingerprint density at radius 2 is 1.90 bits per heavy atom. The van der Waals surface area contributed by atoms with E-state index in [0.717, 1.165) is 22.4 Å². The summed E-state index contributed by atoms with van der Waals surface area (Å²) < 4.78 is 13.3. The summed E-state index contributed by atoms with van der Waals surface area (Å²) in [6.45, 7) is 1.94. The van der Waals surface area contributed by atoms with E-state index in [2.05, 4.69) is 30.5 Å². The Morgan fingerprint density at radius 1 is 1.00 bits per heavy atom. The average molecular weight is 400 g/mol. The molecule has 0 fully saturated rings. The second-order valence-corrected chi connectivity index (χ2v) is 6.64. The third-order valence-electron chi connectivity index (χ3n) is 4.38. The second kappa shape index (κ2) is 8.52. The van der Waals surface area contributed by atoms with Crippen LogP contribution in [0.4, 0.5) is 10.1 Å². The Hall–Kier alpha value is -4.07. The lowest BCUT2D eigenvalue weighted by atomic mass is 10.1. The van der Waals surface area contributed by atoms with Crippen molar-refractivity contribution >= 4 is 11.6 Å². The summed E-state index contributed by atoms with van der Waals surface area (Å²) in [5, 5.41) is 10.4. The molecule has 0 aliphatic carbocycles. The number of amides is 1. The Morgan fingerprint density at radius 3 is 2.60 bits per heavy atom. The number of hydrogen-bond donors (Lipinski definition) is 1. The third-order valence-corrected chi connectivity index (χ3v) is 4.38. The number of carbonyl (C=O) groups is 1. The van der Waals surface area contributed by atoms with Gasteiger partial charge in [-0.15, -0.1) is 0 Å².